The summed E-state index contributed by atoms with van der Waals surface area (Å²) in [6.07, 6.45) is 0.506. The van der Waals surface area contributed by atoms with E-state index in [4.69, 9.17) is 37.9 Å². The molecule has 0 spiro atoms. The van der Waals surface area contributed by atoms with Crippen molar-refractivity contribution >= 4 is 0 Å². The van der Waals surface area contributed by atoms with Crippen LogP contribution in [0, 0.1) is 0 Å². The zero-order chi connectivity index (χ0) is 34.8. The van der Waals surface area contributed by atoms with E-state index in [1.54, 1.807) is 0 Å². The maximum atomic E-state index is 5.90. The van der Waals surface area contributed by atoms with Crippen molar-refractivity contribution in [3.05, 3.63) is 119 Å². The summed E-state index contributed by atoms with van der Waals surface area (Å²) < 4.78 is 45.2. The summed E-state index contributed by atoms with van der Waals surface area (Å²) in [7, 11) is 0. The molecule has 6 rings (SSSR count). The molecule has 8 nitrogen and oxygen atoms in total. The summed E-state index contributed by atoms with van der Waals surface area (Å²) in [6, 6.07) is 33.2. The fraction of sp³-hybridized carbons (Fsp3) is 0.429. The zero-order valence-electron chi connectivity index (χ0n) is 29.7. The van der Waals surface area contributed by atoms with E-state index in [1.807, 2.05) is 48.5 Å². The van der Waals surface area contributed by atoms with Crippen LogP contribution in [0.15, 0.2) is 97.1 Å². The van der Waals surface area contributed by atoms with Crippen LogP contribution < -0.4 is 18.9 Å². The molecule has 4 aromatic carbocycles. The van der Waals surface area contributed by atoms with Crippen molar-refractivity contribution in [1.29, 1.82) is 0 Å². The molecular formula is C42H50O8. The molecular weight excluding hydrogens is 632 g/mol. The van der Waals surface area contributed by atoms with Gasteiger partial charge in [-0.25, -0.2) is 0 Å². The first kappa shape index (κ1) is 35.7. The molecule has 2 aliphatic heterocycles. The monoisotopic (exact) mass is 682 g/mol. The van der Waals surface area contributed by atoms with Crippen molar-refractivity contribution in [3.63, 3.8) is 0 Å². The van der Waals surface area contributed by atoms with Gasteiger partial charge in [-0.3, -0.25) is 0 Å². The Balaban J connectivity index is 0.815. The molecule has 0 aliphatic carbocycles. The minimum atomic E-state index is -0.150. The first-order valence-electron chi connectivity index (χ1n) is 17.6. The van der Waals surface area contributed by atoms with E-state index in [1.165, 1.54) is 22.3 Å². The minimum absolute atomic E-state index is 0.150. The zero-order valence-corrected chi connectivity index (χ0v) is 29.7. The number of hydrogen-bond acceptors (Lipinski definition) is 8. The van der Waals surface area contributed by atoms with E-state index >= 15 is 0 Å². The van der Waals surface area contributed by atoms with Crippen molar-refractivity contribution in [2.75, 3.05) is 66.1 Å². The molecule has 0 amide bonds. The van der Waals surface area contributed by atoms with Gasteiger partial charge in [0.2, 0.25) is 0 Å². The maximum absolute atomic E-state index is 5.90. The molecule has 4 aromatic rings. The fourth-order valence-corrected chi connectivity index (χ4v) is 5.67. The minimum Gasteiger partial charge on any atom is -0.491 e. The molecule has 2 aliphatic rings. The van der Waals surface area contributed by atoms with Gasteiger partial charge < -0.3 is 37.9 Å². The van der Waals surface area contributed by atoms with Gasteiger partial charge in [0.15, 0.2) is 0 Å². The number of benzene rings is 4. The highest BCUT2D eigenvalue weighted by Gasteiger charge is 2.26. The van der Waals surface area contributed by atoms with Crippen molar-refractivity contribution in [1.82, 2.24) is 0 Å². The van der Waals surface area contributed by atoms with E-state index < -0.39 is 0 Å². The largest absolute Gasteiger partial charge is 0.491 e. The highest BCUT2D eigenvalue weighted by molar-refractivity contribution is 5.43. The third-order valence-corrected chi connectivity index (χ3v) is 9.35. The van der Waals surface area contributed by atoms with Crippen LogP contribution in [0.4, 0.5) is 0 Å². The van der Waals surface area contributed by atoms with E-state index in [2.05, 4.69) is 76.2 Å². The van der Waals surface area contributed by atoms with Gasteiger partial charge in [-0.1, -0.05) is 76.2 Å². The Morgan fingerprint density at radius 1 is 0.420 bits per heavy atom. The quantitative estimate of drug-likeness (QED) is 0.0666. The molecule has 0 radical (unpaired) electrons. The molecule has 0 aromatic heterocycles. The molecule has 0 N–H and O–H groups in total. The van der Waals surface area contributed by atoms with Crippen LogP contribution in [0.1, 0.15) is 49.9 Å². The topological polar surface area (TPSA) is 80.4 Å². The Bertz CT molecular complexity index is 1470. The van der Waals surface area contributed by atoms with Gasteiger partial charge >= 0.3 is 0 Å². The smallest absolute Gasteiger partial charge is 0.119 e. The second-order valence-corrected chi connectivity index (χ2v) is 13.8. The van der Waals surface area contributed by atoms with Crippen molar-refractivity contribution in [3.8, 4) is 23.0 Å². The lowest BCUT2D eigenvalue weighted by Crippen LogP contribution is -2.19. The van der Waals surface area contributed by atoms with Gasteiger partial charge in [0.25, 0.3) is 0 Å². The summed E-state index contributed by atoms with van der Waals surface area (Å²) in [6.45, 7) is 14.6. The van der Waals surface area contributed by atoms with Crippen LogP contribution >= 0.6 is 0 Å². The summed E-state index contributed by atoms with van der Waals surface area (Å²) >= 11 is 0. The summed E-state index contributed by atoms with van der Waals surface area (Å²) in [5.74, 6) is 3.39. The molecule has 2 heterocycles. The molecule has 2 saturated heterocycles. The fourth-order valence-electron chi connectivity index (χ4n) is 5.67. The van der Waals surface area contributed by atoms with E-state index in [0.717, 1.165) is 36.2 Å². The second-order valence-electron chi connectivity index (χ2n) is 13.8. The van der Waals surface area contributed by atoms with E-state index in [9.17, 15) is 0 Å². The third kappa shape index (κ3) is 10.2. The van der Waals surface area contributed by atoms with Gasteiger partial charge in [-0.2, -0.15) is 0 Å². The van der Waals surface area contributed by atoms with Crippen molar-refractivity contribution in [2.24, 2.45) is 0 Å². The summed E-state index contributed by atoms with van der Waals surface area (Å²) in [5.41, 5.74) is 4.58. The van der Waals surface area contributed by atoms with Crippen LogP contribution in [-0.2, 0) is 29.8 Å². The first-order chi connectivity index (χ1) is 24.3. The Morgan fingerprint density at radius 2 is 0.680 bits per heavy atom. The number of rotatable bonds is 21. The third-order valence-electron chi connectivity index (χ3n) is 9.35. The van der Waals surface area contributed by atoms with Crippen LogP contribution in [-0.4, -0.2) is 78.3 Å². The average Bonchev–Trinajstić information content (AvgIpc) is 4.08. The average molecular weight is 683 g/mol. The van der Waals surface area contributed by atoms with Gasteiger partial charge in [-0.05, 0) is 70.8 Å². The van der Waals surface area contributed by atoms with Gasteiger partial charge in [0.1, 0.15) is 61.6 Å². The van der Waals surface area contributed by atoms with Crippen LogP contribution in [0.5, 0.6) is 23.0 Å². The predicted molar refractivity (Wildman–Crippen MR) is 193 cm³/mol. The molecule has 2 unspecified atom stereocenters. The molecule has 50 heavy (non-hydrogen) atoms. The maximum Gasteiger partial charge on any atom is 0.119 e. The van der Waals surface area contributed by atoms with Crippen LogP contribution in [0.3, 0.4) is 0 Å². The molecule has 0 saturated carbocycles. The molecule has 266 valence electrons. The lowest BCUT2D eigenvalue weighted by atomic mass is 9.78. The molecule has 0 bridgehead atoms. The Hall–Kier alpha value is -4.08. The molecule has 8 heteroatoms. The highest BCUT2D eigenvalue weighted by atomic mass is 16.6. The molecule has 2 atom stereocenters. The Labute approximate surface area is 296 Å². The molecule has 2 fully saturated rings. The normalized spacial score (nSPS) is 16.9. The van der Waals surface area contributed by atoms with E-state index in [0.29, 0.717) is 52.9 Å². The Kier molecular flexibility index (Phi) is 12.0. The lowest BCUT2D eigenvalue weighted by molar-refractivity contribution is 0.0273. The SMILES string of the molecule is CC(C)(c1ccc(OCCOCCOCCOc2ccc(C(C)(C)c3ccc(OCC4CO4)cc3)cc2)cc1)c1ccc(OCC2CO2)cc1. The summed E-state index contributed by atoms with van der Waals surface area (Å²) in [4.78, 5) is 0. The number of ether oxygens (including phenoxy) is 8. The number of hydrogen-bond donors (Lipinski definition) is 0. The highest BCUT2D eigenvalue weighted by Crippen LogP contribution is 2.35. The van der Waals surface area contributed by atoms with Crippen LogP contribution in [0.2, 0.25) is 0 Å². The van der Waals surface area contributed by atoms with Crippen LogP contribution in [0.25, 0.3) is 0 Å². The standard InChI is InChI=1S/C42H50O8/c1-41(2,33-9-17-37(18-10-33)47-27-39-29-49-39)31-5-13-35(14-6-31)45-25-23-43-21-22-44-24-26-46-36-15-7-32(8-16-36)42(3,4)34-11-19-38(20-12-34)48-28-40-30-50-40/h5-20,39-40H,21-30H2,1-4H3. The van der Waals surface area contributed by atoms with Crippen molar-refractivity contribution < 1.29 is 37.9 Å². The first-order valence-corrected chi connectivity index (χ1v) is 17.6. The predicted octanol–water partition coefficient (Wildman–Crippen LogP) is 7.38. The van der Waals surface area contributed by atoms with Gasteiger partial charge in [-0.15, -0.1) is 0 Å². The van der Waals surface area contributed by atoms with E-state index in [-0.39, 0.29) is 23.0 Å². The summed E-state index contributed by atoms with van der Waals surface area (Å²) in [5, 5.41) is 0. The van der Waals surface area contributed by atoms with Gasteiger partial charge in [0.05, 0.1) is 39.6 Å². The van der Waals surface area contributed by atoms with Gasteiger partial charge in [0, 0.05) is 10.8 Å². The second kappa shape index (κ2) is 16.8. The van der Waals surface area contributed by atoms with Crippen molar-refractivity contribution in [2.45, 2.75) is 50.7 Å². The number of epoxide rings is 2. The Morgan fingerprint density at radius 3 is 0.960 bits per heavy atom. The lowest BCUT2D eigenvalue weighted by Gasteiger charge is -2.26.